The van der Waals surface area contributed by atoms with E-state index in [2.05, 4.69) is 0 Å². The Kier molecular flexibility index (Phi) is 3.84. The molecule has 0 radical (unpaired) electrons. The molecule has 0 saturated carbocycles. The molecule has 0 atom stereocenters. The van der Waals surface area contributed by atoms with Crippen LogP contribution in [0.2, 0.25) is 5.02 Å². The molecule has 0 aliphatic heterocycles. The van der Waals surface area contributed by atoms with Gasteiger partial charge in [0, 0.05) is 6.54 Å². The predicted molar refractivity (Wildman–Crippen MR) is 71.3 cm³/mol. The number of hydrogen-bond acceptors (Lipinski definition) is 2. The van der Waals surface area contributed by atoms with E-state index >= 15 is 0 Å². The molecule has 0 aliphatic rings. The number of hydrogen-bond donors (Lipinski definition) is 1. The summed E-state index contributed by atoms with van der Waals surface area (Å²) in [7, 11) is 1.55. The van der Waals surface area contributed by atoms with E-state index in [1.165, 1.54) is 12.1 Å². The molecular weight excluding hydrogens is 253 g/mol. The number of nitrogens with two attached hydrogens (primary N) is 1. The molecule has 2 nitrogen and oxygen atoms in total. The summed E-state index contributed by atoms with van der Waals surface area (Å²) >= 11 is 6.06. The molecule has 2 aromatic rings. The summed E-state index contributed by atoms with van der Waals surface area (Å²) in [6.07, 6.45) is 0. The molecule has 2 aromatic carbocycles. The van der Waals surface area contributed by atoms with Crippen molar-refractivity contribution in [1.29, 1.82) is 0 Å². The van der Waals surface area contributed by atoms with E-state index in [1.54, 1.807) is 25.3 Å². The van der Waals surface area contributed by atoms with Gasteiger partial charge in [0.05, 0.1) is 12.1 Å². The Labute approximate surface area is 110 Å². The molecule has 0 fully saturated rings. The topological polar surface area (TPSA) is 35.2 Å². The molecule has 0 aliphatic carbocycles. The molecule has 0 bridgehead atoms. The van der Waals surface area contributed by atoms with Gasteiger partial charge >= 0.3 is 0 Å². The van der Waals surface area contributed by atoms with Crippen LogP contribution in [0.15, 0.2) is 36.4 Å². The van der Waals surface area contributed by atoms with E-state index in [-0.39, 0.29) is 5.82 Å². The highest BCUT2D eigenvalue weighted by Crippen LogP contribution is 2.32. The summed E-state index contributed by atoms with van der Waals surface area (Å²) in [6.45, 7) is 0.346. The third-order valence-electron chi connectivity index (χ3n) is 2.75. The first kappa shape index (κ1) is 12.9. The van der Waals surface area contributed by atoms with Crippen LogP contribution >= 0.6 is 11.6 Å². The Balaban J connectivity index is 2.54. The SMILES string of the molecule is COc1ccc(-c2cc(F)ccc2CN)cc1Cl. The van der Waals surface area contributed by atoms with Crippen LogP contribution in [0, 0.1) is 5.82 Å². The lowest BCUT2D eigenvalue weighted by Gasteiger charge is -2.10. The number of rotatable bonds is 3. The minimum Gasteiger partial charge on any atom is -0.495 e. The molecule has 0 saturated heterocycles. The van der Waals surface area contributed by atoms with Crippen molar-refractivity contribution in [2.45, 2.75) is 6.54 Å². The fraction of sp³-hybridized carbons (Fsp3) is 0.143. The van der Waals surface area contributed by atoms with Gasteiger partial charge in [-0.2, -0.15) is 0 Å². The maximum absolute atomic E-state index is 13.3. The highest BCUT2D eigenvalue weighted by atomic mass is 35.5. The Bertz CT molecular complexity index is 572. The molecule has 4 heteroatoms. The van der Waals surface area contributed by atoms with Crippen molar-refractivity contribution in [2.75, 3.05) is 7.11 Å². The zero-order chi connectivity index (χ0) is 13.1. The van der Waals surface area contributed by atoms with Gasteiger partial charge in [0.1, 0.15) is 11.6 Å². The zero-order valence-corrected chi connectivity index (χ0v) is 10.7. The Morgan fingerprint density at radius 3 is 2.61 bits per heavy atom. The van der Waals surface area contributed by atoms with Crippen molar-refractivity contribution < 1.29 is 9.13 Å². The lowest BCUT2D eigenvalue weighted by molar-refractivity contribution is 0.415. The van der Waals surface area contributed by atoms with E-state index in [4.69, 9.17) is 22.1 Å². The zero-order valence-electron chi connectivity index (χ0n) is 9.91. The van der Waals surface area contributed by atoms with Crippen molar-refractivity contribution in [2.24, 2.45) is 5.73 Å². The van der Waals surface area contributed by atoms with E-state index in [0.717, 1.165) is 16.7 Å². The molecular formula is C14H13ClFNO. The maximum Gasteiger partial charge on any atom is 0.137 e. The largest absolute Gasteiger partial charge is 0.495 e. The second-order valence-corrected chi connectivity index (χ2v) is 4.26. The van der Waals surface area contributed by atoms with Crippen LogP contribution in [0.1, 0.15) is 5.56 Å². The average Bonchev–Trinajstić information content (AvgIpc) is 2.38. The minimum absolute atomic E-state index is 0.297. The molecule has 0 aromatic heterocycles. The first-order valence-electron chi connectivity index (χ1n) is 5.48. The van der Waals surface area contributed by atoms with Crippen LogP contribution in [-0.4, -0.2) is 7.11 Å². The monoisotopic (exact) mass is 265 g/mol. The maximum atomic E-state index is 13.3. The van der Waals surface area contributed by atoms with Crippen LogP contribution in [-0.2, 0) is 6.54 Å². The van der Waals surface area contributed by atoms with Gasteiger partial charge in [0.15, 0.2) is 0 Å². The minimum atomic E-state index is -0.297. The van der Waals surface area contributed by atoms with Crippen LogP contribution in [0.3, 0.4) is 0 Å². The fourth-order valence-corrected chi connectivity index (χ4v) is 2.09. The number of methoxy groups -OCH3 is 1. The molecule has 2 N–H and O–H groups in total. The summed E-state index contributed by atoms with van der Waals surface area (Å²) in [5.74, 6) is 0.292. The highest BCUT2D eigenvalue weighted by Gasteiger charge is 2.08. The van der Waals surface area contributed by atoms with Crippen molar-refractivity contribution in [1.82, 2.24) is 0 Å². The van der Waals surface area contributed by atoms with Gasteiger partial charge in [-0.3, -0.25) is 0 Å². The van der Waals surface area contributed by atoms with E-state index in [1.807, 2.05) is 6.07 Å². The van der Waals surface area contributed by atoms with Gasteiger partial charge in [0.2, 0.25) is 0 Å². The van der Waals surface area contributed by atoms with Crippen molar-refractivity contribution >= 4 is 11.6 Å². The smallest absolute Gasteiger partial charge is 0.137 e. The van der Waals surface area contributed by atoms with E-state index in [9.17, 15) is 4.39 Å². The summed E-state index contributed by atoms with van der Waals surface area (Å²) < 4.78 is 18.4. The standard InChI is InChI=1S/C14H13ClFNO/c1-18-14-5-3-9(6-13(14)15)12-7-11(16)4-2-10(12)8-17/h2-7H,8,17H2,1H3. The Hall–Kier alpha value is -1.58. The lowest BCUT2D eigenvalue weighted by Crippen LogP contribution is -1.99. The van der Waals surface area contributed by atoms with Gasteiger partial charge in [-0.05, 0) is 41.0 Å². The van der Waals surface area contributed by atoms with Crippen LogP contribution in [0.25, 0.3) is 11.1 Å². The summed E-state index contributed by atoms with van der Waals surface area (Å²) in [6, 6.07) is 9.87. The van der Waals surface area contributed by atoms with Gasteiger partial charge in [-0.1, -0.05) is 23.7 Å². The van der Waals surface area contributed by atoms with Gasteiger partial charge in [-0.25, -0.2) is 4.39 Å². The van der Waals surface area contributed by atoms with E-state index < -0.39 is 0 Å². The third kappa shape index (κ3) is 2.47. The van der Waals surface area contributed by atoms with Gasteiger partial charge in [0.25, 0.3) is 0 Å². The average molecular weight is 266 g/mol. The molecule has 18 heavy (non-hydrogen) atoms. The summed E-state index contributed by atoms with van der Waals surface area (Å²) in [5, 5.41) is 0.488. The number of halogens is 2. The highest BCUT2D eigenvalue weighted by molar-refractivity contribution is 6.32. The quantitative estimate of drug-likeness (QED) is 0.920. The summed E-state index contributed by atoms with van der Waals surface area (Å²) in [5.41, 5.74) is 8.10. The predicted octanol–water partition coefficient (Wildman–Crippen LogP) is 3.61. The number of ether oxygens (including phenoxy) is 1. The van der Waals surface area contributed by atoms with Crippen LogP contribution < -0.4 is 10.5 Å². The molecule has 0 unspecified atom stereocenters. The number of benzene rings is 2. The van der Waals surface area contributed by atoms with E-state index in [0.29, 0.717) is 17.3 Å². The Morgan fingerprint density at radius 1 is 1.22 bits per heavy atom. The second kappa shape index (κ2) is 5.38. The Morgan fingerprint density at radius 2 is 2.00 bits per heavy atom. The normalized spacial score (nSPS) is 10.4. The van der Waals surface area contributed by atoms with Gasteiger partial charge in [-0.15, -0.1) is 0 Å². The third-order valence-corrected chi connectivity index (χ3v) is 3.05. The molecule has 0 heterocycles. The first-order chi connectivity index (χ1) is 8.65. The molecule has 0 spiro atoms. The second-order valence-electron chi connectivity index (χ2n) is 3.85. The van der Waals surface area contributed by atoms with Crippen LogP contribution in [0.4, 0.5) is 4.39 Å². The van der Waals surface area contributed by atoms with Crippen LogP contribution in [0.5, 0.6) is 5.75 Å². The van der Waals surface area contributed by atoms with Crippen molar-refractivity contribution in [3.63, 3.8) is 0 Å². The van der Waals surface area contributed by atoms with Gasteiger partial charge < -0.3 is 10.5 Å². The van der Waals surface area contributed by atoms with Crippen molar-refractivity contribution in [3.8, 4) is 16.9 Å². The van der Waals surface area contributed by atoms with Crippen molar-refractivity contribution in [3.05, 3.63) is 52.8 Å². The molecule has 0 amide bonds. The lowest BCUT2D eigenvalue weighted by atomic mass is 9.99. The summed E-state index contributed by atoms with van der Waals surface area (Å²) in [4.78, 5) is 0. The molecule has 2 rings (SSSR count). The fourth-order valence-electron chi connectivity index (χ4n) is 1.83. The first-order valence-corrected chi connectivity index (χ1v) is 5.86. The molecule has 94 valence electrons.